The molecule has 0 aliphatic heterocycles. The lowest BCUT2D eigenvalue weighted by Gasteiger charge is -2.10. The highest BCUT2D eigenvalue weighted by Gasteiger charge is 2.17. The van der Waals surface area contributed by atoms with Gasteiger partial charge in [0.25, 0.3) is 5.91 Å². The van der Waals surface area contributed by atoms with Crippen molar-refractivity contribution in [2.24, 2.45) is 4.99 Å². The van der Waals surface area contributed by atoms with Gasteiger partial charge in [-0.25, -0.2) is 0 Å². The van der Waals surface area contributed by atoms with E-state index in [2.05, 4.69) is 4.99 Å². The van der Waals surface area contributed by atoms with E-state index in [0.717, 1.165) is 15.8 Å². The fourth-order valence-electron chi connectivity index (χ4n) is 3.36. The third-order valence-electron chi connectivity index (χ3n) is 4.88. The summed E-state index contributed by atoms with van der Waals surface area (Å²) in [6, 6.07) is 9.08. The number of ether oxygens (including phenoxy) is 5. The highest BCUT2D eigenvalue weighted by Crippen LogP contribution is 2.35. The SMILES string of the molecule is CCOCCn1c(=NC(=O)Cc2ccc(OC)c(OC)c2)sc2c(OC)ccc(OC)c21. The summed E-state index contributed by atoms with van der Waals surface area (Å²) in [5.74, 6) is 2.29. The number of hydrogen-bond acceptors (Lipinski definition) is 7. The lowest BCUT2D eigenvalue weighted by molar-refractivity contribution is -0.117. The van der Waals surface area contributed by atoms with Crippen molar-refractivity contribution < 1.29 is 28.5 Å². The number of rotatable bonds is 10. The number of aromatic nitrogens is 1. The molecule has 0 atom stereocenters. The molecule has 8 nitrogen and oxygen atoms in total. The van der Waals surface area contributed by atoms with Gasteiger partial charge in [0.05, 0.1) is 41.5 Å². The number of methoxy groups -OCH3 is 4. The van der Waals surface area contributed by atoms with Crippen LogP contribution in [0.3, 0.4) is 0 Å². The molecule has 9 heteroatoms. The van der Waals surface area contributed by atoms with Gasteiger partial charge in [-0.1, -0.05) is 17.4 Å². The van der Waals surface area contributed by atoms with E-state index in [1.807, 2.05) is 29.7 Å². The minimum atomic E-state index is -0.271. The molecule has 0 unspecified atom stereocenters. The molecule has 1 amide bonds. The Labute approximate surface area is 191 Å². The first kappa shape index (κ1) is 23.6. The maximum absolute atomic E-state index is 12.9. The number of benzene rings is 2. The van der Waals surface area contributed by atoms with Crippen LogP contribution >= 0.6 is 11.3 Å². The summed E-state index contributed by atoms with van der Waals surface area (Å²) in [4.78, 5) is 17.9. The van der Waals surface area contributed by atoms with Crippen molar-refractivity contribution in [2.45, 2.75) is 19.9 Å². The van der Waals surface area contributed by atoms with Crippen molar-refractivity contribution in [2.75, 3.05) is 41.7 Å². The highest BCUT2D eigenvalue weighted by molar-refractivity contribution is 7.16. The van der Waals surface area contributed by atoms with E-state index in [1.54, 1.807) is 40.6 Å². The van der Waals surface area contributed by atoms with Crippen molar-refractivity contribution in [3.8, 4) is 23.0 Å². The Kier molecular flexibility index (Phi) is 8.13. The molecule has 0 radical (unpaired) electrons. The molecule has 1 aromatic heterocycles. The average molecular weight is 461 g/mol. The largest absolute Gasteiger partial charge is 0.495 e. The third-order valence-corrected chi connectivity index (χ3v) is 5.97. The van der Waals surface area contributed by atoms with E-state index in [1.165, 1.54) is 11.3 Å². The highest BCUT2D eigenvalue weighted by atomic mass is 32.1. The Balaban J connectivity index is 2.04. The predicted molar refractivity (Wildman–Crippen MR) is 123 cm³/mol. The van der Waals surface area contributed by atoms with Crippen molar-refractivity contribution in [3.05, 3.63) is 40.7 Å². The molecule has 0 saturated heterocycles. The molecule has 0 aliphatic carbocycles. The first-order valence-electron chi connectivity index (χ1n) is 10.2. The van der Waals surface area contributed by atoms with Crippen LogP contribution < -0.4 is 23.7 Å². The second kappa shape index (κ2) is 11.0. The summed E-state index contributed by atoms with van der Waals surface area (Å²) in [6.07, 6.45) is 0.133. The number of carbonyl (C=O) groups is 1. The lowest BCUT2D eigenvalue weighted by atomic mass is 10.1. The van der Waals surface area contributed by atoms with Gasteiger partial charge < -0.3 is 28.3 Å². The summed E-state index contributed by atoms with van der Waals surface area (Å²) in [5, 5.41) is 0. The maximum atomic E-state index is 12.9. The van der Waals surface area contributed by atoms with E-state index in [9.17, 15) is 4.79 Å². The van der Waals surface area contributed by atoms with Gasteiger partial charge in [0.15, 0.2) is 16.3 Å². The summed E-state index contributed by atoms with van der Waals surface area (Å²) < 4.78 is 30.0. The second-order valence-corrected chi connectivity index (χ2v) is 7.73. The van der Waals surface area contributed by atoms with E-state index in [4.69, 9.17) is 23.7 Å². The van der Waals surface area contributed by atoms with Gasteiger partial charge in [0.1, 0.15) is 21.7 Å². The van der Waals surface area contributed by atoms with E-state index in [-0.39, 0.29) is 12.3 Å². The monoisotopic (exact) mass is 460 g/mol. The van der Waals surface area contributed by atoms with Gasteiger partial charge in [0, 0.05) is 13.2 Å². The van der Waals surface area contributed by atoms with Crippen molar-refractivity contribution in [1.82, 2.24) is 4.57 Å². The molecule has 0 spiro atoms. The Morgan fingerprint density at radius 2 is 1.59 bits per heavy atom. The van der Waals surface area contributed by atoms with Gasteiger partial charge in [-0.3, -0.25) is 4.79 Å². The normalized spacial score (nSPS) is 11.6. The molecule has 3 aromatic rings. The zero-order valence-corrected chi connectivity index (χ0v) is 19.8. The lowest BCUT2D eigenvalue weighted by Crippen LogP contribution is -2.20. The number of hydrogen-bond donors (Lipinski definition) is 0. The van der Waals surface area contributed by atoms with Crippen molar-refractivity contribution in [1.29, 1.82) is 0 Å². The van der Waals surface area contributed by atoms with Crippen LogP contribution in [0.5, 0.6) is 23.0 Å². The molecular formula is C23H28N2O6S. The Morgan fingerprint density at radius 3 is 2.25 bits per heavy atom. The van der Waals surface area contributed by atoms with Gasteiger partial charge >= 0.3 is 0 Å². The van der Waals surface area contributed by atoms with Gasteiger partial charge in [0.2, 0.25) is 0 Å². The molecule has 0 fully saturated rings. The molecular weight excluding hydrogens is 432 g/mol. The Hall–Kier alpha value is -3.04. The number of fused-ring (bicyclic) bond motifs is 1. The topological polar surface area (TPSA) is 80.5 Å². The Bertz CT molecular complexity index is 1150. The first-order chi connectivity index (χ1) is 15.6. The zero-order valence-electron chi connectivity index (χ0n) is 19.0. The molecule has 0 bridgehead atoms. The summed E-state index contributed by atoms with van der Waals surface area (Å²) >= 11 is 1.39. The van der Waals surface area contributed by atoms with E-state index >= 15 is 0 Å². The van der Waals surface area contributed by atoms with Crippen LogP contribution in [0.1, 0.15) is 12.5 Å². The van der Waals surface area contributed by atoms with Gasteiger partial charge in [-0.2, -0.15) is 4.99 Å². The molecule has 0 aliphatic rings. The summed E-state index contributed by atoms with van der Waals surface area (Å²) in [7, 11) is 6.37. The second-order valence-electron chi connectivity index (χ2n) is 6.75. The molecule has 1 heterocycles. The number of carbonyl (C=O) groups excluding carboxylic acids is 1. The summed E-state index contributed by atoms with van der Waals surface area (Å²) in [6.45, 7) is 3.56. The van der Waals surface area contributed by atoms with Crippen molar-refractivity contribution >= 4 is 27.5 Å². The molecule has 0 saturated carbocycles. The minimum Gasteiger partial charge on any atom is -0.495 e. The quantitative estimate of drug-likeness (QED) is 0.431. The molecule has 3 rings (SSSR count). The standard InChI is InChI=1S/C23H28N2O6S/c1-6-31-12-11-25-21-17(28-3)9-10-18(29-4)22(21)32-23(25)24-20(26)14-15-7-8-16(27-2)19(13-15)30-5/h7-10,13H,6,11-12,14H2,1-5H3. The van der Waals surface area contributed by atoms with Gasteiger partial charge in [-0.15, -0.1) is 0 Å². The van der Waals surface area contributed by atoms with Crippen LogP contribution in [0.4, 0.5) is 0 Å². The van der Waals surface area contributed by atoms with Crippen LogP contribution in [0.25, 0.3) is 10.2 Å². The zero-order chi connectivity index (χ0) is 23.1. The predicted octanol–water partition coefficient (Wildman–Crippen LogP) is 3.44. The Morgan fingerprint density at radius 1 is 0.938 bits per heavy atom. The van der Waals surface area contributed by atoms with Crippen molar-refractivity contribution in [3.63, 3.8) is 0 Å². The molecule has 2 aromatic carbocycles. The fraction of sp³-hybridized carbons (Fsp3) is 0.391. The molecule has 32 heavy (non-hydrogen) atoms. The van der Waals surface area contributed by atoms with Crippen LogP contribution in [0.2, 0.25) is 0 Å². The minimum absolute atomic E-state index is 0.133. The molecule has 172 valence electrons. The van der Waals surface area contributed by atoms with Crippen LogP contribution in [0.15, 0.2) is 35.3 Å². The third kappa shape index (κ3) is 5.05. The summed E-state index contributed by atoms with van der Waals surface area (Å²) in [5.41, 5.74) is 1.61. The average Bonchev–Trinajstić information content (AvgIpc) is 3.16. The smallest absolute Gasteiger partial charge is 0.252 e. The van der Waals surface area contributed by atoms with Crippen LogP contribution in [0, 0.1) is 0 Å². The molecule has 0 N–H and O–H groups in total. The number of amides is 1. The maximum Gasteiger partial charge on any atom is 0.252 e. The van der Waals surface area contributed by atoms with E-state index < -0.39 is 0 Å². The van der Waals surface area contributed by atoms with Crippen LogP contribution in [-0.2, 0) is 22.5 Å². The fourth-order valence-corrected chi connectivity index (χ4v) is 4.54. The number of nitrogens with zero attached hydrogens (tertiary/aromatic N) is 2. The first-order valence-corrected chi connectivity index (χ1v) is 11.0. The van der Waals surface area contributed by atoms with Crippen LogP contribution in [-0.4, -0.2) is 52.1 Å². The van der Waals surface area contributed by atoms with Gasteiger partial charge in [-0.05, 0) is 36.8 Å². The number of thiazole rings is 1. The van der Waals surface area contributed by atoms with E-state index in [0.29, 0.717) is 47.6 Å².